The van der Waals surface area contributed by atoms with Gasteiger partial charge in [-0.05, 0) is 50.8 Å². The van der Waals surface area contributed by atoms with Gasteiger partial charge in [-0.15, -0.1) is 0 Å². The first-order valence-electron chi connectivity index (χ1n) is 7.24. The summed E-state index contributed by atoms with van der Waals surface area (Å²) in [4.78, 5) is 4.61. The van der Waals surface area contributed by atoms with E-state index in [0.29, 0.717) is 11.7 Å². The lowest BCUT2D eigenvalue weighted by atomic mass is 9.79. The Hall–Kier alpha value is -1.88. The molecule has 0 bridgehead atoms. The van der Waals surface area contributed by atoms with Crippen LogP contribution >= 0.6 is 0 Å². The molecular weight excluding hydrogens is 266 g/mol. The molecule has 1 heterocycles. The topological polar surface area (TPSA) is 74.2 Å². The molecule has 112 valence electrons. The van der Waals surface area contributed by atoms with Crippen molar-refractivity contribution in [3.05, 3.63) is 41.5 Å². The van der Waals surface area contributed by atoms with Gasteiger partial charge in [-0.2, -0.15) is 4.98 Å². The van der Waals surface area contributed by atoms with Crippen LogP contribution in [0, 0.1) is 0 Å². The van der Waals surface area contributed by atoms with Crippen molar-refractivity contribution in [3.8, 4) is 0 Å². The molecule has 1 fully saturated rings. The monoisotopic (exact) mass is 287 g/mol. The van der Waals surface area contributed by atoms with Crippen molar-refractivity contribution in [2.24, 2.45) is 0 Å². The van der Waals surface area contributed by atoms with E-state index >= 15 is 0 Å². The number of hydrogen-bond acceptors (Lipinski definition) is 5. The Kier molecular flexibility index (Phi) is 3.24. The van der Waals surface area contributed by atoms with E-state index in [1.54, 1.807) is 7.11 Å². The van der Waals surface area contributed by atoms with E-state index in [2.05, 4.69) is 24.0 Å². The van der Waals surface area contributed by atoms with Crippen molar-refractivity contribution >= 4 is 5.69 Å². The molecule has 1 saturated carbocycles. The molecule has 5 nitrogen and oxygen atoms in total. The normalized spacial score (nSPS) is 17.5. The maximum absolute atomic E-state index is 5.75. The molecule has 3 rings (SSSR count). The number of ether oxygens (including phenoxy) is 1. The second-order valence-corrected chi connectivity index (χ2v) is 6.22. The van der Waals surface area contributed by atoms with E-state index in [4.69, 9.17) is 15.0 Å². The van der Waals surface area contributed by atoms with E-state index in [0.717, 1.165) is 30.5 Å². The van der Waals surface area contributed by atoms with Gasteiger partial charge in [-0.25, -0.2) is 0 Å². The summed E-state index contributed by atoms with van der Waals surface area (Å²) in [6.45, 7) is 4.13. The van der Waals surface area contributed by atoms with E-state index in [9.17, 15) is 0 Å². The van der Waals surface area contributed by atoms with Crippen molar-refractivity contribution in [2.75, 3.05) is 12.8 Å². The Morgan fingerprint density at radius 1 is 1.24 bits per heavy atom. The summed E-state index contributed by atoms with van der Waals surface area (Å²) in [6.07, 6.45) is 3.04. The van der Waals surface area contributed by atoms with Gasteiger partial charge in [0.2, 0.25) is 11.7 Å². The van der Waals surface area contributed by atoms with Crippen LogP contribution in [0.25, 0.3) is 0 Å². The van der Waals surface area contributed by atoms with Gasteiger partial charge in [0.15, 0.2) is 0 Å². The van der Waals surface area contributed by atoms with Gasteiger partial charge in [-0.3, -0.25) is 0 Å². The minimum Gasteiger partial charge on any atom is -0.399 e. The summed E-state index contributed by atoms with van der Waals surface area (Å²) >= 11 is 0. The highest BCUT2D eigenvalue weighted by atomic mass is 16.5. The number of nitrogens with two attached hydrogens (primary N) is 1. The molecule has 21 heavy (non-hydrogen) atoms. The van der Waals surface area contributed by atoms with Gasteiger partial charge in [0.1, 0.15) is 5.60 Å². The molecule has 0 aliphatic heterocycles. The van der Waals surface area contributed by atoms with Gasteiger partial charge in [0.05, 0.1) is 5.41 Å². The van der Waals surface area contributed by atoms with Gasteiger partial charge in [-0.1, -0.05) is 17.3 Å². The number of rotatable bonds is 4. The highest BCUT2D eigenvalue weighted by molar-refractivity contribution is 5.42. The highest BCUT2D eigenvalue weighted by Crippen LogP contribution is 2.43. The van der Waals surface area contributed by atoms with Crippen LogP contribution in [-0.2, 0) is 15.8 Å². The number of nitrogen functional groups attached to an aromatic ring is 1. The first-order chi connectivity index (χ1) is 9.98. The lowest BCUT2D eigenvalue weighted by Gasteiger charge is -2.37. The third kappa shape index (κ3) is 2.21. The largest absolute Gasteiger partial charge is 0.399 e. The van der Waals surface area contributed by atoms with Gasteiger partial charge < -0.3 is 15.0 Å². The molecule has 0 radical (unpaired) electrons. The van der Waals surface area contributed by atoms with E-state index in [1.807, 2.05) is 24.3 Å². The van der Waals surface area contributed by atoms with Gasteiger partial charge in [0.25, 0.3) is 0 Å². The molecule has 5 heteroatoms. The summed E-state index contributed by atoms with van der Waals surface area (Å²) in [5, 5.41) is 4.15. The van der Waals surface area contributed by atoms with Crippen LogP contribution in [-0.4, -0.2) is 17.3 Å². The Labute approximate surface area is 124 Å². The molecule has 2 N–H and O–H groups in total. The van der Waals surface area contributed by atoms with Gasteiger partial charge in [0, 0.05) is 12.8 Å². The van der Waals surface area contributed by atoms with Crippen molar-refractivity contribution < 1.29 is 9.26 Å². The molecule has 1 aromatic carbocycles. The molecular formula is C16H21N3O2. The molecule has 1 aliphatic rings. The Balaban J connectivity index is 1.93. The maximum atomic E-state index is 5.75. The number of benzene rings is 1. The SMILES string of the molecule is COC1(c2noc(C(C)(C)c3ccc(N)cc3)n2)CCC1. The van der Waals surface area contributed by atoms with Crippen LogP contribution in [0.3, 0.4) is 0 Å². The number of anilines is 1. The second-order valence-electron chi connectivity index (χ2n) is 6.22. The zero-order valence-corrected chi connectivity index (χ0v) is 12.7. The van der Waals surface area contributed by atoms with Crippen LogP contribution in [0.1, 0.15) is 50.4 Å². The van der Waals surface area contributed by atoms with Crippen LogP contribution in [0.2, 0.25) is 0 Å². The smallest absolute Gasteiger partial charge is 0.236 e. The fraction of sp³-hybridized carbons (Fsp3) is 0.500. The second kappa shape index (κ2) is 4.84. The third-order valence-corrected chi connectivity index (χ3v) is 4.55. The average Bonchev–Trinajstić information content (AvgIpc) is 2.89. The molecule has 1 aromatic heterocycles. The molecule has 0 unspecified atom stereocenters. The predicted octanol–water partition coefficient (Wildman–Crippen LogP) is 3.00. The number of aromatic nitrogens is 2. The standard InChI is InChI=1S/C16H21N3O2/c1-15(2,11-5-7-12(17)8-6-11)14-18-13(19-21-14)16(20-3)9-4-10-16/h5-8H,4,9-10,17H2,1-3H3. The zero-order valence-electron chi connectivity index (χ0n) is 12.7. The van der Waals surface area contributed by atoms with Crippen LogP contribution in [0.15, 0.2) is 28.8 Å². The number of nitrogens with zero attached hydrogens (tertiary/aromatic N) is 2. The van der Waals surface area contributed by atoms with Crippen molar-refractivity contribution in [1.29, 1.82) is 0 Å². The molecule has 0 spiro atoms. The van der Waals surface area contributed by atoms with Gasteiger partial charge >= 0.3 is 0 Å². The Morgan fingerprint density at radius 2 is 1.90 bits per heavy atom. The first kappa shape index (κ1) is 14.1. The molecule has 0 amide bonds. The van der Waals surface area contributed by atoms with E-state index < -0.39 is 0 Å². The maximum Gasteiger partial charge on any atom is 0.236 e. The lowest BCUT2D eigenvalue weighted by Crippen LogP contribution is -2.37. The number of hydrogen-bond donors (Lipinski definition) is 1. The minimum atomic E-state index is -0.363. The van der Waals surface area contributed by atoms with Crippen molar-refractivity contribution in [1.82, 2.24) is 10.1 Å². The van der Waals surface area contributed by atoms with Crippen LogP contribution < -0.4 is 5.73 Å². The summed E-state index contributed by atoms with van der Waals surface area (Å²) < 4.78 is 11.1. The van der Waals surface area contributed by atoms with Crippen LogP contribution in [0.5, 0.6) is 0 Å². The quantitative estimate of drug-likeness (QED) is 0.875. The Bertz CT molecular complexity index is 622. The minimum absolute atomic E-state index is 0.348. The zero-order chi connectivity index (χ0) is 15.1. The summed E-state index contributed by atoms with van der Waals surface area (Å²) in [5.41, 5.74) is 6.87. The van der Waals surface area contributed by atoms with Crippen molar-refractivity contribution in [2.45, 2.75) is 44.1 Å². The summed E-state index contributed by atoms with van der Waals surface area (Å²) in [5.74, 6) is 1.26. The fourth-order valence-electron chi connectivity index (χ4n) is 2.70. The molecule has 0 saturated heterocycles. The summed E-state index contributed by atoms with van der Waals surface area (Å²) in [6, 6.07) is 7.76. The van der Waals surface area contributed by atoms with E-state index in [1.165, 1.54) is 0 Å². The molecule has 0 atom stereocenters. The molecule has 2 aromatic rings. The molecule has 1 aliphatic carbocycles. The summed E-state index contributed by atoms with van der Waals surface area (Å²) in [7, 11) is 1.71. The lowest BCUT2D eigenvalue weighted by molar-refractivity contribution is -0.0858. The average molecular weight is 287 g/mol. The third-order valence-electron chi connectivity index (χ3n) is 4.55. The Morgan fingerprint density at radius 3 is 2.43 bits per heavy atom. The van der Waals surface area contributed by atoms with E-state index in [-0.39, 0.29) is 11.0 Å². The number of methoxy groups -OCH3 is 1. The van der Waals surface area contributed by atoms with Crippen LogP contribution in [0.4, 0.5) is 5.69 Å². The predicted molar refractivity (Wildman–Crippen MR) is 79.8 cm³/mol. The first-order valence-corrected chi connectivity index (χ1v) is 7.24. The fourth-order valence-corrected chi connectivity index (χ4v) is 2.70. The highest BCUT2D eigenvalue weighted by Gasteiger charge is 2.44. The van der Waals surface area contributed by atoms with Crippen molar-refractivity contribution in [3.63, 3.8) is 0 Å².